The number of hydrogen-bond acceptors (Lipinski definition) is 5. The van der Waals surface area contributed by atoms with Crippen molar-refractivity contribution >= 4 is 34.0 Å². The topological polar surface area (TPSA) is 98.2 Å². The van der Waals surface area contributed by atoms with Crippen molar-refractivity contribution in [1.82, 2.24) is 0 Å². The summed E-state index contributed by atoms with van der Waals surface area (Å²) in [7, 11) is -1.96. The van der Waals surface area contributed by atoms with Crippen LogP contribution in [0.25, 0.3) is 0 Å². The number of benzene rings is 2. The minimum atomic E-state index is -1.96. The highest BCUT2D eigenvalue weighted by atomic mass is 32.2. The summed E-state index contributed by atoms with van der Waals surface area (Å²) in [6.45, 7) is 2.72. The van der Waals surface area contributed by atoms with E-state index in [0.717, 1.165) is 0 Å². The van der Waals surface area contributed by atoms with E-state index in [-0.39, 0.29) is 11.4 Å². The highest BCUT2D eigenvalue weighted by molar-refractivity contribution is 7.87. The Kier molecular flexibility index (Phi) is 6.62. The first-order chi connectivity index (χ1) is 12.3. The molecule has 0 aromatic heterocycles. The average molecular weight is 376 g/mol. The van der Waals surface area contributed by atoms with Crippen LogP contribution >= 0.6 is 0 Å². The maximum absolute atomic E-state index is 12.6. The lowest BCUT2D eigenvalue weighted by atomic mass is 10.3. The van der Waals surface area contributed by atoms with Gasteiger partial charge in [0, 0.05) is 10.8 Å². The van der Waals surface area contributed by atoms with Crippen molar-refractivity contribution < 1.29 is 24.2 Å². The maximum Gasteiger partial charge on any atom is 0.266 e. The first-order valence-electron chi connectivity index (χ1n) is 7.89. The fourth-order valence-electron chi connectivity index (χ4n) is 2.24. The zero-order chi connectivity index (χ0) is 19.3. The van der Waals surface area contributed by atoms with Crippen molar-refractivity contribution in [3.63, 3.8) is 0 Å². The number of anilines is 2. The quantitative estimate of drug-likeness (QED) is 0.596. The molecule has 26 heavy (non-hydrogen) atoms. The second-order valence-corrected chi connectivity index (χ2v) is 7.66. The monoisotopic (exact) mass is 376 g/mol. The van der Waals surface area contributed by atoms with Crippen LogP contribution in [0.1, 0.15) is 13.8 Å². The molecule has 2 aromatic carbocycles. The van der Waals surface area contributed by atoms with Gasteiger partial charge in [0.1, 0.15) is 10.5 Å². The lowest BCUT2D eigenvalue weighted by Gasteiger charge is -2.23. The zero-order valence-corrected chi connectivity index (χ0v) is 15.2. The van der Waals surface area contributed by atoms with Crippen LogP contribution in [0.5, 0.6) is 0 Å². The predicted molar refractivity (Wildman–Crippen MR) is 98.5 cm³/mol. The van der Waals surface area contributed by atoms with Crippen LogP contribution in [0.4, 0.5) is 11.4 Å². The van der Waals surface area contributed by atoms with E-state index in [1.54, 1.807) is 36.4 Å². The summed E-state index contributed by atoms with van der Waals surface area (Å²) >= 11 is 0. The Morgan fingerprint density at radius 2 is 1.08 bits per heavy atom. The Balaban J connectivity index is 2.09. The number of para-hydroxylation sites is 2. The summed E-state index contributed by atoms with van der Waals surface area (Å²) in [4.78, 5) is 24.7. The molecule has 2 N–H and O–H groups in total. The zero-order valence-electron chi connectivity index (χ0n) is 14.4. The Hall–Kier alpha value is -2.55. The van der Waals surface area contributed by atoms with Gasteiger partial charge < -0.3 is 0 Å². The number of hydrogen-bond donors (Lipinski definition) is 2. The Labute approximate surface area is 153 Å². The lowest BCUT2D eigenvalue weighted by molar-refractivity contribution is -0.122. The summed E-state index contributed by atoms with van der Waals surface area (Å²) in [6.07, 6.45) is 0. The van der Waals surface area contributed by atoms with Crippen LogP contribution < -0.4 is 10.1 Å². The van der Waals surface area contributed by atoms with Crippen LogP contribution in [-0.2, 0) is 20.4 Å². The number of rotatable bonds is 6. The smallest absolute Gasteiger partial charge is 0.266 e. The summed E-state index contributed by atoms with van der Waals surface area (Å²) < 4.78 is 12.6. The van der Waals surface area contributed by atoms with Crippen LogP contribution in [-0.4, -0.2) is 36.9 Å². The predicted octanol–water partition coefficient (Wildman–Crippen LogP) is 2.36. The molecule has 0 fully saturated rings. The van der Waals surface area contributed by atoms with Crippen molar-refractivity contribution in [1.29, 1.82) is 0 Å². The molecule has 8 heteroatoms. The standard InChI is InChI=1S/C18H20N2O5S/c1-13(17(21)19(23)15-9-5-3-6-10-15)26(25)14(2)18(22)20(24)16-11-7-4-8-12-16/h3-14,23-24H,1-2H3/t13-,14-/m0/s1. The van der Waals surface area contributed by atoms with E-state index in [1.165, 1.54) is 38.1 Å². The van der Waals surface area contributed by atoms with Gasteiger partial charge in [-0.3, -0.25) is 24.2 Å². The molecule has 2 aromatic rings. The first kappa shape index (κ1) is 19.8. The molecular weight excluding hydrogens is 356 g/mol. The fourth-order valence-corrected chi connectivity index (χ4v) is 3.45. The molecule has 0 heterocycles. The number of hydroxylamine groups is 2. The van der Waals surface area contributed by atoms with Gasteiger partial charge in [-0.1, -0.05) is 36.4 Å². The van der Waals surface area contributed by atoms with Gasteiger partial charge >= 0.3 is 0 Å². The molecule has 7 nitrogen and oxygen atoms in total. The normalized spacial score (nSPS) is 13.1. The van der Waals surface area contributed by atoms with Crippen molar-refractivity contribution in [3.8, 4) is 0 Å². The molecule has 138 valence electrons. The fraction of sp³-hybridized carbons (Fsp3) is 0.222. The summed E-state index contributed by atoms with van der Waals surface area (Å²) in [5, 5.41) is 18.6. The number of nitrogens with zero attached hydrogens (tertiary/aromatic N) is 2. The third-order valence-corrected chi connectivity index (χ3v) is 5.61. The van der Waals surface area contributed by atoms with Gasteiger partial charge in [-0.15, -0.1) is 0 Å². The van der Waals surface area contributed by atoms with E-state index in [9.17, 15) is 24.2 Å². The van der Waals surface area contributed by atoms with E-state index in [0.29, 0.717) is 10.1 Å². The van der Waals surface area contributed by atoms with Crippen molar-refractivity contribution in [2.45, 2.75) is 24.3 Å². The highest BCUT2D eigenvalue weighted by Gasteiger charge is 2.34. The van der Waals surface area contributed by atoms with Crippen LogP contribution in [0, 0.1) is 0 Å². The molecule has 0 saturated heterocycles. The second kappa shape index (κ2) is 8.70. The SMILES string of the molecule is C[C@@H](C(=O)N(O)c1ccccc1)S(=O)[C@@H](C)C(=O)N(O)c1ccccc1. The minimum absolute atomic E-state index is 0.230. The Morgan fingerprint density at radius 1 is 0.769 bits per heavy atom. The average Bonchev–Trinajstić information content (AvgIpc) is 2.71. The minimum Gasteiger partial charge on any atom is -0.281 e. The molecule has 0 aliphatic carbocycles. The van der Waals surface area contributed by atoms with E-state index in [1.807, 2.05) is 0 Å². The van der Waals surface area contributed by atoms with E-state index >= 15 is 0 Å². The molecular formula is C18H20N2O5S. The van der Waals surface area contributed by atoms with E-state index < -0.39 is 33.1 Å². The second-order valence-electron chi connectivity index (χ2n) is 5.58. The highest BCUT2D eigenvalue weighted by Crippen LogP contribution is 2.18. The molecule has 0 aliphatic rings. The van der Waals surface area contributed by atoms with Gasteiger partial charge in [0.2, 0.25) is 0 Å². The summed E-state index contributed by atoms with van der Waals surface area (Å²) in [6, 6.07) is 16.1. The lowest BCUT2D eigenvalue weighted by Crippen LogP contribution is -2.45. The molecule has 2 atom stereocenters. The number of carbonyl (C=O) groups excluding carboxylic acids is 2. The molecule has 2 rings (SSSR count). The molecule has 0 aliphatic heterocycles. The van der Waals surface area contributed by atoms with E-state index in [2.05, 4.69) is 0 Å². The van der Waals surface area contributed by atoms with Gasteiger partial charge in [-0.05, 0) is 38.1 Å². The molecule has 2 amide bonds. The summed E-state index contributed by atoms with van der Waals surface area (Å²) in [5.74, 6) is -1.61. The molecule has 0 saturated carbocycles. The van der Waals surface area contributed by atoms with Gasteiger partial charge in [-0.2, -0.15) is 10.1 Å². The Bertz CT molecular complexity index is 719. The van der Waals surface area contributed by atoms with E-state index in [4.69, 9.17) is 0 Å². The van der Waals surface area contributed by atoms with Crippen LogP contribution in [0.15, 0.2) is 60.7 Å². The third kappa shape index (κ3) is 4.34. The molecule has 0 bridgehead atoms. The largest absolute Gasteiger partial charge is 0.281 e. The number of amides is 2. The van der Waals surface area contributed by atoms with Gasteiger partial charge in [0.15, 0.2) is 0 Å². The van der Waals surface area contributed by atoms with Gasteiger partial charge in [0.05, 0.1) is 11.4 Å². The number of carbonyl (C=O) groups is 2. The molecule has 0 unspecified atom stereocenters. The first-order valence-corrected chi connectivity index (χ1v) is 9.17. The van der Waals surface area contributed by atoms with Gasteiger partial charge in [-0.25, -0.2) is 0 Å². The van der Waals surface area contributed by atoms with Crippen LogP contribution in [0.3, 0.4) is 0 Å². The third-order valence-electron chi connectivity index (χ3n) is 3.81. The van der Waals surface area contributed by atoms with Crippen molar-refractivity contribution in [3.05, 3.63) is 60.7 Å². The van der Waals surface area contributed by atoms with Crippen molar-refractivity contribution in [2.75, 3.05) is 10.1 Å². The maximum atomic E-state index is 12.6. The summed E-state index contributed by atoms with van der Waals surface area (Å²) in [5.41, 5.74) is 0.460. The van der Waals surface area contributed by atoms with Crippen molar-refractivity contribution in [2.24, 2.45) is 0 Å². The molecule has 0 radical (unpaired) electrons. The van der Waals surface area contributed by atoms with Gasteiger partial charge in [0.25, 0.3) is 11.8 Å². The van der Waals surface area contributed by atoms with Crippen LogP contribution in [0.2, 0.25) is 0 Å². The molecule has 0 spiro atoms. The Morgan fingerprint density at radius 3 is 1.38 bits per heavy atom.